The highest BCUT2D eigenvalue weighted by atomic mass is 16.1. The first-order valence-corrected chi connectivity index (χ1v) is 5.56. The van der Waals surface area contributed by atoms with E-state index in [1.54, 1.807) is 12.0 Å². The minimum atomic E-state index is 0.257. The quantitative estimate of drug-likeness (QED) is 0.542. The van der Waals surface area contributed by atoms with Crippen LogP contribution in [0.3, 0.4) is 0 Å². The van der Waals surface area contributed by atoms with Gasteiger partial charge in [-0.3, -0.25) is 0 Å². The molecule has 0 unspecified atom stereocenters. The highest BCUT2D eigenvalue weighted by Crippen LogP contribution is 2.21. The van der Waals surface area contributed by atoms with Crippen LogP contribution in [-0.2, 0) is 9.59 Å². The molecule has 0 aliphatic rings. The van der Waals surface area contributed by atoms with Gasteiger partial charge in [0.15, 0.2) is 0 Å². The molecule has 0 amide bonds. The van der Waals surface area contributed by atoms with Gasteiger partial charge in [-0.05, 0) is 22.2 Å². The van der Waals surface area contributed by atoms with Crippen LogP contribution in [0.15, 0.2) is 48.5 Å². The zero-order valence-electron chi connectivity index (χ0n) is 9.44. The molecule has 3 aromatic rings. The van der Waals surface area contributed by atoms with Crippen molar-refractivity contribution in [1.82, 2.24) is 0 Å². The molecule has 0 saturated heterocycles. The molecule has 0 radical (unpaired) electrons. The van der Waals surface area contributed by atoms with Gasteiger partial charge in [-0.15, -0.1) is 0 Å². The SMILES string of the molecule is O=C=c1ccc2c(ccc3ccccc32)c1=C=O. The Hall–Kier alpha value is -2.66. The maximum Gasteiger partial charge on any atom is 0.134 e. The number of fused-ring (bicyclic) bond motifs is 3. The van der Waals surface area contributed by atoms with Crippen LogP contribution in [0, 0.1) is 0 Å². The van der Waals surface area contributed by atoms with Crippen molar-refractivity contribution in [3.63, 3.8) is 0 Å². The molecule has 0 fully saturated rings. The van der Waals surface area contributed by atoms with E-state index in [0.717, 1.165) is 21.5 Å². The molecule has 2 heteroatoms. The summed E-state index contributed by atoms with van der Waals surface area (Å²) in [5.74, 6) is 3.62. The molecule has 0 bridgehead atoms. The molecule has 0 spiro atoms. The van der Waals surface area contributed by atoms with Gasteiger partial charge in [0.1, 0.15) is 11.9 Å². The lowest BCUT2D eigenvalue weighted by atomic mass is 10.0. The van der Waals surface area contributed by atoms with Crippen molar-refractivity contribution in [2.75, 3.05) is 0 Å². The van der Waals surface area contributed by atoms with E-state index in [0.29, 0.717) is 0 Å². The van der Waals surface area contributed by atoms with E-state index >= 15 is 0 Å². The monoisotopic (exact) mass is 232 g/mol. The van der Waals surface area contributed by atoms with Crippen molar-refractivity contribution >= 4 is 33.4 Å². The molecular weight excluding hydrogens is 224 g/mol. The third-order valence-electron chi connectivity index (χ3n) is 3.14. The summed E-state index contributed by atoms with van der Waals surface area (Å²) >= 11 is 0. The van der Waals surface area contributed by atoms with Crippen molar-refractivity contribution in [3.8, 4) is 0 Å². The number of hydrogen-bond donors (Lipinski definition) is 0. The average molecular weight is 232 g/mol. The summed E-state index contributed by atoms with van der Waals surface area (Å²) in [4.78, 5) is 21.8. The van der Waals surface area contributed by atoms with Crippen molar-refractivity contribution in [2.24, 2.45) is 0 Å². The molecule has 0 aliphatic heterocycles. The first-order chi connectivity index (χ1) is 8.85. The van der Waals surface area contributed by atoms with E-state index in [1.807, 2.05) is 48.4 Å². The fourth-order valence-electron chi connectivity index (χ4n) is 2.28. The molecule has 0 saturated carbocycles. The van der Waals surface area contributed by atoms with Crippen molar-refractivity contribution in [2.45, 2.75) is 0 Å². The van der Waals surface area contributed by atoms with E-state index < -0.39 is 0 Å². The Labute approximate surface area is 102 Å². The fraction of sp³-hybridized carbons (Fsp3) is 0. The summed E-state index contributed by atoms with van der Waals surface area (Å²) in [6, 6.07) is 15.2. The van der Waals surface area contributed by atoms with E-state index in [9.17, 15) is 9.59 Å². The van der Waals surface area contributed by atoms with Gasteiger partial charge in [-0.2, -0.15) is 0 Å². The third-order valence-corrected chi connectivity index (χ3v) is 3.14. The molecule has 2 nitrogen and oxygen atoms in total. The van der Waals surface area contributed by atoms with Crippen molar-refractivity contribution < 1.29 is 9.59 Å². The van der Waals surface area contributed by atoms with Crippen molar-refractivity contribution in [3.05, 3.63) is 59.0 Å². The Morgan fingerprint density at radius 2 is 1.44 bits per heavy atom. The number of rotatable bonds is 0. The predicted octanol–water partition coefficient (Wildman–Crippen LogP) is 0.999. The van der Waals surface area contributed by atoms with Crippen LogP contribution in [-0.4, -0.2) is 11.9 Å². The van der Waals surface area contributed by atoms with Crippen LogP contribution in [0.25, 0.3) is 21.5 Å². The molecule has 3 aromatic carbocycles. The highest BCUT2D eigenvalue weighted by Gasteiger charge is 2.02. The van der Waals surface area contributed by atoms with Crippen LogP contribution >= 0.6 is 0 Å². The van der Waals surface area contributed by atoms with Crippen LogP contribution in [0.2, 0.25) is 0 Å². The lowest BCUT2D eigenvalue weighted by Gasteiger charge is -2.02. The van der Waals surface area contributed by atoms with E-state index in [4.69, 9.17) is 0 Å². The second kappa shape index (κ2) is 3.97. The van der Waals surface area contributed by atoms with E-state index in [2.05, 4.69) is 0 Å². The second-order valence-electron chi connectivity index (χ2n) is 4.07. The first-order valence-electron chi connectivity index (χ1n) is 5.56. The van der Waals surface area contributed by atoms with Crippen LogP contribution in [0.4, 0.5) is 0 Å². The smallest absolute Gasteiger partial charge is 0.134 e. The van der Waals surface area contributed by atoms with Gasteiger partial charge in [-0.25, -0.2) is 9.59 Å². The van der Waals surface area contributed by atoms with E-state index in [-0.39, 0.29) is 10.4 Å². The Morgan fingerprint density at radius 1 is 0.667 bits per heavy atom. The summed E-state index contributed by atoms with van der Waals surface area (Å²) < 4.78 is 0. The van der Waals surface area contributed by atoms with Gasteiger partial charge in [0.05, 0.1) is 10.4 Å². The van der Waals surface area contributed by atoms with Crippen LogP contribution in [0.1, 0.15) is 0 Å². The maximum absolute atomic E-state index is 11.0. The van der Waals surface area contributed by atoms with Gasteiger partial charge >= 0.3 is 0 Å². The van der Waals surface area contributed by atoms with Gasteiger partial charge in [0.25, 0.3) is 0 Å². The molecule has 0 atom stereocenters. The Morgan fingerprint density at radius 3 is 2.22 bits per heavy atom. The maximum atomic E-state index is 11.0. The molecule has 3 rings (SSSR count). The summed E-state index contributed by atoms with van der Waals surface area (Å²) in [6.45, 7) is 0. The minimum Gasteiger partial charge on any atom is -0.233 e. The zero-order valence-corrected chi connectivity index (χ0v) is 9.44. The van der Waals surface area contributed by atoms with Crippen LogP contribution < -0.4 is 10.4 Å². The third kappa shape index (κ3) is 1.38. The minimum absolute atomic E-state index is 0.257. The number of carbonyl (C=O) groups excluding carboxylic acids is 2. The predicted molar refractivity (Wildman–Crippen MR) is 70.3 cm³/mol. The van der Waals surface area contributed by atoms with Gasteiger partial charge in [0.2, 0.25) is 0 Å². The van der Waals surface area contributed by atoms with Gasteiger partial charge < -0.3 is 0 Å². The standard InChI is InChI=1S/C16H8O2/c17-9-12-6-8-14-13-4-2-1-3-11(13)5-7-15(14)16(12)10-18/h1-8H. The molecule has 0 aliphatic carbocycles. The molecule has 84 valence electrons. The summed E-state index contributed by atoms with van der Waals surface area (Å²) in [5, 5.41) is 4.39. The zero-order chi connectivity index (χ0) is 12.5. The van der Waals surface area contributed by atoms with E-state index in [1.165, 1.54) is 0 Å². The fourth-order valence-corrected chi connectivity index (χ4v) is 2.28. The Bertz CT molecular complexity index is 928. The van der Waals surface area contributed by atoms with Crippen molar-refractivity contribution in [1.29, 1.82) is 0 Å². The lowest BCUT2D eigenvalue weighted by molar-refractivity contribution is 0.564. The van der Waals surface area contributed by atoms with Gasteiger partial charge in [-0.1, -0.05) is 42.5 Å². The van der Waals surface area contributed by atoms with Gasteiger partial charge in [0, 0.05) is 5.39 Å². The van der Waals surface area contributed by atoms with Crippen LogP contribution in [0.5, 0.6) is 0 Å². The summed E-state index contributed by atoms with van der Waals surface area (Å²) in [5.41, 5.74) is 0. The largest absolute Gasteiger partial charge is 0.233 e. The lowest BCUT2D eigenvalue weighted by Crippen LogP contribution is -2.27. The topological polar surface area (TPSA) is 34.1 Å². The number of hydrogen-bond acceptors (Lipinski definition) is 2. The molecule has 0 aromatic heterocycles. The molecular formula is C16H8O2. The first kappa shape index (κ1) is 10.5. The molecule has 18 heavy (non-hydrogen) atoms. The Balaban J connectivity index is 2.73. The second-order valence-corrected chi connectivity index (χ2v) is 4.07. The Kier molecular flexibility index (Phi) is 2.32. The molecule has 0 heterocycles. The number of benzene rings is 3. The summed E-state index contributed by atoms with van der Waals surface area (Å²) in [7, 11) is 0. The summed E-state index contributed by atoms with van der Waals surface area (Å²) in [6.07, 6.45) is 0. The molecule has 0 N–H and O–H groups in total. The highest BCUT2D eigenvalue weighted by molar-refractivity contribution is 6.08. The normalized spacial score (nSPS) is 10.2. The average Bonchev–Trinajstić information content (AvgIpc) is 2.45.